The van der Waals surface area contributed by atoms with Crippen molar-refractivity contribution in [1.29, 1.82) is 0 Å². The van der Waals surface area contributed by atoms with Crippen molar-refractivity contribution in [2.75, 3.05) is 6.61 Å². The first-order valence-corrected chi connectivity index (χ1v) is 11.0. The van der Waals surface area contributed by atoms with E-state index >= 15 is 0 Å². The number of hydrazone groups is 1. The van der Waals surface area contributed by atoms with Gasteiger partial charge in [-0.3, -0.25) is 4.79 Å². The number of ether oxygens (including phenoxy) is 2. The van der Waals surface area contributed by atoms with Gasteiger partial charge in [-0.05, 0) is 78.1 Å². The van der Waals surface area contributed by atoms with Gasteiger partial charge in [-0.2, -0.15) is 5.10 Å². The van der Waals surface area contributed by atoms with E-state index in [1.807, 2.05) is 72.8 Å². The Morgan fingerprint density at radius 3 is 2.22 bits per heavy atom. The number of halogens is 1. The first-order chi connectivity index (χ1) is 15.6. The lowest BCUT2D eigenvalue weighted by Gasteiger charge is -2.07. The van der Waals surface area contributed by atoms with E-state index in [2.05, 4.69) is 17.5 Å². The largest absolute Gasteiger partial charge is 0.489 e. The second-order valence-electron chi connectivity index (χ2n) is 7.31. The fourth-order valence-corrected chi connectivity index (χ4v) is 3.02. The van der Waals surface area contributed by atoms with Gasteiger partial charge in [0.25, 0.3) is 5.91 Å². The predicted molar refractivity (Wildman–Crippen MR) is 129 cm³/mol. The van der Waals surface area contributed by atoms with Crippen molar-refractivity contribution in [3.8, 4) is 11.5 Å². The van der Waals surface area contributed by atoms with Crippen LogP contribution in [0.4, 0.5) is 0 Å². The van der Waals surface area contributed by atoms with Crippen LogP contribution in [0.15, 0.2) is 77.9 Å². The third-order valence-corrected chi connectivity index (χ3v) is 4.97. The molecule has 0 aliphatic heterocycles. The summed E-state index contributed by atoms with van der Waals surface area (Å²) in [5.41, 5.74) is 5.62. The number of rotatable bonds is 11. The van der Waals surface area contributed by atoms with E-state index in [0.29, 0.717) is 17.4 Å². The van der Waals surface area contributed by atoms with Crippen LogP contribution in [-0.2, 0) is 17.8 Å². The van der Waals surface area contributed by atoms with Crippen molar-refractivity contribution in [1.82, 2.24) is 5.43 Å². The van der Waals surface area contributed by atoms with Crippen LogP contribution < -0.4 is 14.9 Å². The second kappa shape index (κ2) is 12.5. The quantitative estimate of drug-likeness (QED) is 0.297. The van der Waals surface area contributed by atoms with E-state index in [1.54, 1.807) is 6.21 Å². The Bertz CT molecular complexity index is 1000. The predicted octanol–water partition coefficient (Wildman–Crippen LogP) is 5.79. The van der Waals surface area contributed by atoms with Gasteiger partial charge in [0.2, 0.25) is 0 Å². The molecule has 0 radical (unpaired) electrons. The summed E-state index contributed by atoms with van der Waals surface area (Å²) in [6.07, 6.45) is 4.96. The van der Waals surface area contributed by atoms with Crippen LogP contribution in [0.25, 0.3) is 0 Å². The molecule has 0 aliphatic rings. The van der Waals surface area contributed by atoms with Gasteiger partial charge in [0.05, 0.1) is 6.21 Å². The third kappa shape index (κ3) is 8.08. The average molecular weight is 451 g/mol. The van der Waals surface area contributed by atoms with Gasteiger partial charge in [0.15, 0.2) is 6.61 Å². The smallest absolute Gasteiger partial charge is 0.277 e. The minimum atomic E-state index is -0.320. The van der Waals surface area contributed by atoms with E-state index in [-0.39, 0.29) is 12.5 Å². The minimum absolute atomic E-state index is 0.0941. The number of aryl methyl sites for hydroxylation is 1. The highest BCUT2D eigenvalue weighted by molar-refractivity contribution is 6.30. The molecule has 3 aromatic rings. The van der Waals surface area contributed by atoms with Crippen molar-refractivity contribution in [3.05, 3.63) is 94.5 Å². The summed E-state index contributed by atoms with van der Waals surface area (Å²) in [6.45, 7) is 2.54. The molecule has 1 amide bonds. The van der Waals surface area contributed by atoms with Crippen molar-refractivity contribution in [3.63, 3.8) is 0 Å². The van der Waals surface area contributed by atoms with Gasteiger partial charge in [-0.15, -0.1) is 0 Å². The maximum atomic E-state index is 11.9. The normalized spacial score (nSPS) is 10.8. The molecule has 0 saturated carbocycles. The molecule has 1 N–H and O–H groups in total. The van der Waals surface area contributed by atoms with Crippen molar-refractivity contribution in [2.24, 2.45) is 5.10 Å². The van der Waals surface area contributed by atoms with Crippen molar-refractivity contribution >= 4 is 23.7 Å². The summed E-state index contributed by atoms with van der Waals surface area (Å²) < 4.78 is 11.3. The van der Waals surface area contributed by atoms with E-state index in [0.717, 1.165) is 23.3 Å². The Balaban J connectivity index is 1.38. The number of amides is 1. The lowest BCUT2D eigenvalue weighted by atomic mass is 10.1. The monoisotopic (exact) mass is 450 g/mol. The molecule has 0 atom stereocenters. The van der Waals surface area contributed by atoms with Crippen LogP contribution in [0.1, 0.15) is 36.5 Å². The first-order valence-electron chi connectivity index (χ1n) is 10.6. The summed E-state index contributed by atoms with van der Waals surface area (Å²) in [6, 6.07) is 22.8. The van der Waals surface area contributed by atoms with Gasteiger partial charge in [0.1, 0.15) is 18.1 Å². The van der Waals surface area contributed by atoms with E-state index in [4.69, 9.17) is 21.1 Å². The summed E-state index contributed by atoms with van der Waals surface area (Å²) in [5, 5.41) is 4.68. The van der Waals surface area contributed by atoms with Crippen molar-refractivity contribution < 1.29 is 14.3 Å². The summed E-state index contributed by atoms with van der Waals surface area (Å²) in [7, 11) is 0. The maximum Gasteiger partial charge on any atom is 0.277 e. The Morgan fingerprint density at radius 1 is 0.906 bits per heavy atom. The molecule has 0 aliphatic carbocycles. The van der Waals surface area contributed by atoms with Crippen LogP contribution in [-0.4, -0.2) is 18.7 Å². The summed E-state index contributed by atoms with van der Waals surface area (Å²) in [4.78, 5) is 11.9. The fourth-order valence-electron chi connectivity index (χ4n) is 2.89. The van der Waals surface area contributed by atoms with Gasteiger partial charge in [-0.1, -0.05) is 49.2 Å². The molecule has 3 aromatic carbocycles. The molecule has 5 nitrogen and oxygen atoms in total. The van der Waals surface area contributed by atoms with Gasteiger partial charge < -0.3 is 9.47 Å². The fraction of sp³-hybridized carbons (Fsp3) is 0.231. The summed E-state index contributed by atoms with van der Waals surface area (Å²) in [5.74, 6) is 1.09. The molecule has 0 bridgehead atoms. The van der Waals surface area contributed by atoms with Crippen LogP contribution in [0, 0.1) is 0 Å². The van der Waals surface area contributed by atoms with E-state index < -0.39 is 0 Å². The molecule has 3 rings (SSSR count). The Hall–Kier alpha value is -3.31. The Kier molecular flexibility index (Phi) is 9.14. The SMILES string of the molecule is CCCCc1ccc(OCC(=O)N/N=C/c2ccc(OCc3ccc(Cl)cc3)cc2)cc1. The highest BCUT2D eigenvalue weighted by Crippen LogP contribution is 2.16. The van der Waals surface area contributed by atoms with Crippen molar-refractivity contribution in [2.45, 2.75) is 32.8 Å². The van der Waals surface area contributed by atoms with E-state index in [1.165, 1.54) is 18.4 Å². The lowest BCUT2D eigenvalue weighted by molar-refractivity contribution is -0.123. The summed E-state index contributed by atoms with van der Waals surface area (Å²) >= 11 is 5.89. The number of hydrogen-bond donors (Lipinski definition) is 1. The van der Waals surface area contributed by atoms with Crippen LogP contribution in [0.5, 0.6) is 11.5 Å². The number of hydrogen-bond acceptors (Lipinski definition) is 4. The van der Waals surface area contributed by atoms with Crippen LogP contribution >= 0.6 is 11.6 Å². The Morgan fingerprint density at radius 2 is 1.53 bits per heavy atom. The van der Waals surface area contributed by atoms with E-state index in [9.17, 15) is 4.79 Å². The maximum absolute atomic E-state index is 11.9. The topological polar surface area (TPSA) is 59.9 Å². The highest BCUT2D eigenvalue weighted by Gasteiger charge is 2.02. The molecule has 32 heavy (non-hydrogen) atoms. The molecule has 0 spiro atoms. The average Bonchev–Trinajstić information content (AvgIpc) is 2.82. The minimum Gasteiger partial charge on any atom is -0.489 e. The van der Waals surface area contributed by atoms with Gasteiger partial charge >= 0.3 is 0 Å². The molecule has 166 valence electrons. The van der Waals surface area contributed by atoms with Gasteiger partial charge in [-0.25, -0.2) is 5.43 Å². The Labute approximate surface area is 194 Å². The standard InChI is InChI=1S/C26H27ClN2O3/c1-2-3-4-20-7-13-25(14-8-20)32-19-26(30)29-28-17-21-9-15-24(16-10-21)31-18-22-5-11-23(27)12-6-22/h5-17H,2-4,18-19H2,1H3,(H,29,30)/b28-17+. The second-order valence-corrected chi connectivity index (χ2v) is 7.75. The number of nitrogens with one attached hydrogen (secondary N) is 1. The molecule has 0 saturated heterocycles. The van der Waals surface area contributed by atoms with Crippen LogP contribution in [0.3, 0.4) is 0 Å². The number of benzene rings is 3. The van der Waals surface area contributed by atoms with Gasteiger partial charge in [0, 0.05) is 5.02 Å². The van der Waals surface area contributed by atoms with Crippen LogP contribution in [0.2, 0.25) is 5.02 Å². The molecule has 6 heteroatoms. The third-order valence-electron chi connectivity index (χ3n) is 4.71. The molecular weight excluding hydrogens is 424 g/mol. The number of nitrogens with zero attached hydrogens (tertiary/aromatic N) is 1. The molecule has 0 heterocycles. The zero-order valence-electron chi connectivity index (χ0n) is 18.1. The number of carbonyl (C=O) groups excluding carboxylic acids is 1. The molecular formula is C26H27ClN2O3. The molecule has 0 aromatic heterocycles. The zero-order chi connectivity index (χ0) is 22.6. The number of unbranched alkanes of at least 4 members (excludes halogenated alkanes) is 1. The highest BCUT2D eigenvalue weighted by atomic mass is 35.5. The first kappa shape index (κ1) is 23.4. The number of carbonyl (C=O) groups is 1. The molecule has 0 unspecified atom stereocenters. The molecule has 0 fully saturated rings. The zero-order valence-corrected chi connectivity index (χ0v) is 18.8. The lowest BCUT2D eigenvalue weighted by Crippen LogP contribution is -2.24.